The summed E-state index contributed by atoms with van der Waals surface area (Å²) in [5.41, 5.74) is 4.99. The van der Waals surface area contributed by atoms with Crippen LogP contribution in [0.3, 0.4) is 0 Å². The van der Waals surface area contributed by atoms with Gasteiger partial charge in [0.1, 0.15) is 5.82 Å². The molecule has 3 nitrogen and oxygen atoms in total. The third-order valence-electron chi connectivity index (χ3n) is 2.62. The van der Waals surface area contributed by atoms with Crippen molar-refractivity contribution in [2.45, 2.75) is 13.0 Å². The number of hydrazine groups is 1. The number of halogens is 2. The number of aromatic nitrogens is 1. The van der Waals surface area contributed by atoms with Crippen LogP contribution in [0.15, 0.2) is 41.0 Å². The van der Waals surface area contributed by atoms with Gasteiger partial charge in [0, 0.05) is 10.7 Å². The van der Waals surface area contributed by atoms with Crippen LogP contribution in [0.25, 0.3) is 0 Å². The number of hydrogen-bond acceptors (Lipinski definition) is 3. The van der Waals surface area contributed by atoms with Gasteiger partial charge < -0.3 is 0 Å². The second-order valence-corrected chi connectivity index (χ2v) is 4.89. The lowest BCUT2D eigenvalue weighted by atomic mass is 10.0. The van der Waals surface area contributed by atoms with Gasteiger partial charge in [0.25, 0.3) is 0 Å². The summed E-state index contributed by atoms with van der Waals surface area (Å²) in [7, 11) is 0. The highest BCUT2D eigenvalue weighted by Crippen LogP contribution is 2.27. The van der Waals surface area contributed by atoms with E-state index in [4.69, 9.17) is 5.84 Å². The smallest absolute Gasteiger partial charge is 0.123 e. The fourth-order valence-corrected chi connectivity index (χ4v) is 2.36. The van der Waals surface area contributed by atoms with Crippen LogP contribution in [0.1, 0.15) is 22.9 Å². The average Bonchev–Trinajstić information content (AvgIpc) is 2.31. The van der Waals surface area contributed by atoms with Gasteiger partial charge in [-0.3, -0.25) is 10.8 Å². The zero-order valence-electron chi connectivity index (χ0n) is 9.82. The number of rotatable bonds is 3. The SMILES string of the molecule is Cc1cc(F)cc(C(NN)c2ncccc2Br)c1. The molecule has 1 aromatic heterocycles. The number of benzene rings is 1. The summed E-state index contributed by atoms with van der Waals surface area (Å²) in [6.07, 6.45) is 1.68. The molecule has 18 heavy (non-hydrogen) atoms. The maximum atomic E-state index is 13.4. The van der Waals surface area contributed by atoms with Gasteiger partial charge in [0.2, 0.25) is 0 Å². The van der Waals surface area contributed by atoms with Crippen molar-refractivity contribution < 1.29 is 4.39 Å². The second kappa shape index (κ2) is 5.56. The summed E-state index contributed by atoms with van der Waals surface area (Å²) in [6.45, 7) is 1.84. The van der Waals surface area contributed by atoms with E-state index in [-0.39, 0.29) is 11.9 Å². The lowest BCUT2D eigenvalue weighted by molar-refractivity contribution is 0.595. The van der Waals surface area contributed by atoms with E-state index >= 15 is 0 Å². The lowest BCUT2D eigenvalue weighted by Crippen LogP contribution is -2.30. The van der Waals surface area contributed by atoms with Crippen molar-refractivity contribution in [2.75, 3.05) is 0 Å². The Labute approximate surface area is 113 Å². The summed E-state index contributed by atoms with van der Waals surface area (Å²) in [4.78, 5) is 4.27. The van der Waals surface area contributed by atoms with Gasteiger partial charge in [-0.05, 0) is 58.2 Å². The highest BCUT2D eigenvalue weighted by molar-refractivity contribution is 9.10. The molecule has 0 amide bonds. The minimum Gasteiger partial charge on any atom is -0.271 e. The summed E-state index contributed by atoms with van der Waals surface area (Å²) in [5.74, 6) is 5.29. The fourth-order valence-electron chi connectivity index (χ4n) is 1.87. The molecule has 2 aromatic rings. The quantitative estimate of drug-likeness (QED) is 0.677. The Morgan fingerprint density at radius 3 is 2.78 bits per heavy atom. The molecule has 1 atom stereocenters. The molecule has 0 fully saturated rings. The largest absolute Gasteiger partial charge is 0.271 e. The van der Waals surface area contributed by atoms with Crippen LogP contribution >= 0.6 is 15.9 Å². The van der Waals surface area contributed by atoms with E-state index in [0.29, 0.717) is 0 Å². The molecule has 0 aliphatic rings. The predicted molar refractivity (Wildman–Crippen MR) is 72.2 cm³/mol. The molecule has 1 aromatic carbocycles. The highest BCUT2D eigenvalue weighted by atomic mass is 79.9. The van der Waals surface area contributed by atoms with Gasteiger partial charge in [-0.25, -0.2) is 9.82 Å². The van der Waals surface area contributed by atoms with E-state index in [0.717, 1.165) is 21.3 Å². The summed E-state index contributed by atoms with van der Waals surface area (Å²) in [5, 5.41) is 0. The minimum atomic E-state index is -0.352. The average molecular weight is 310 g/mol. The van der Waals surface area contributed by atoms with Crippen LogP contribution in [0.2, 0.25) is 0 Å². The Bertz CT molecular complexity index is 539. The van der Waals surface area contributed by atoms with Crippen molar-refractivity contribution in [1.29, 1.82) is 0 Å². The van der Waals surface area contributed by atoms with Gasteiger partial charge in [0.15, 0.2) is 0 Å². The van der Waals surface area contributed by atoms with Crippen LogP contribution in [-0.2, 0) is 0 Å². The lowest BCUT2D eigenvalue weighted by Gasteiger charge is -2.17. The Morgan fingerprint density at radius 2 is 2.17 bits per heavy atom. The first kappa shape index (κ1) is 13.1. The molecule has 0 aliphatic carbocycles. The molecule has 0 saturated heterocycles. The summed E-state index contributed by atoms with van der Waals surface area (Å²) < 4.78 is 14.3. The third kappa shape index (κ3) is 2.75. The van der Waals surface area contributed by atoms with Crippen LogP contribution < -0.4 is 11.3 Å². The van der Waals surface area contributed by atoms with Crippen molar-refractivity contribution >= 4 is 15.9 Å². The highest BCUT2D eigenvalue weighted by Gasteiger charge is 2.17. The number of pyridine rings is 1. The summed E-state index contributed by atoms with van der Waals surface area (Å²) >= 11 is 3.42. The minimum absolute atomic E-state index is 0.280. The number of nitrogens with zero attached hydrogens (tertiary/aromatic N) is 1. The molecular weight excluding hydrogens is 297 g/mol. The molecule has 94 valence electrons. The first-order valence-electron chi connectivity index (χ1n) is 5.45. The second-order valence-electron chi connectivity index (χ2n) is 4.03. The molecule has 0 bridgehead atoms. The monoisotopic (exact) mass is 309 g/mol. The van der Waals surface area contributed by atoms with E-state index in [1.807, 2.05) is 25.1 Å². The molecular formula is C13H13BrFN3. The van der Waals surface area contributed by atoms with Crippen LogP contribution in [0.5, 0.6) is 0 Å². The molecule has 0 aliphatic heterocycles. The van der Waals surface area contributed by atoms with E-state index in [1.54, 1.807) is 6.20 Å². The zero-order valence-corrected chi connectivity index (χ0v) is 11.4. The molecule has 2 rings (SSSR count). The zero-order chi connectivity index (χ0) is 13.1. The molecule has 0 spiro atoms. The van der Waals surface area contributed by atoms with E-state index in [1.165, 1.54) is 12.1 Å². The fraction of sp³-hybridized carbons (Fsp3) is 0.154. The van der Waals surface area contributed by atoms with E-state index < -0.39 is 0 Å². The van der Waals surface area contributed by atoms with Crippen molar-refractivity contribution in [1.82, 2.24) is 10.4 Å². The van der Waals surface area contributed by atoms with E-state index in [9.17, 15) is 4.39 Å². The molecule has 0 radical (unpaired) electrons. The number of hydrogen-bond donors (Lipinski definition) is 2. The van der Waals surface area contributed by atoms with E-state index in [2.05, 4.69) is 26.3 Å². The van der Waals surface area contributed by atoms with Crippen LogP contribution in [-0.4, -0.2) is 4.98 Å². The van der Waals surface area contributed by atoms with Gasteiger partial charge in [-0.15, -0.1) is 0 Å². The Balaban J connectivity index is 2.48. The van der Waals surface area contributed by atoms with Crippen molar-refractivity contribution in [3.8, 4) is 0 Å². The van der Waals surface area contributed by atoms with Crippen LogP contribution in [0, 0.1) is 12.7 Å². The predicted octanol–water partition coefficient (Wildman–Crippen LogP) is 2.84. The number of aryl methyl sites for hydroxylation is 1. The maximum absolute atomic E-state index is 13.4. The number of nitrogens with two attached hydrogens (primary N) is 1. The van der Waals surface area contributed by atoms with Gasteiger partial charge in [0.05, 0.1) is 11.7 Å². The topological polar surface area (TPSA) is 50.9 Å². The Kier molecular flexibility index (Phi) is 4.06. The maximum Gasteiger partial charge on any atom is 0.123 e. The molecule has 1 heterocycles. The molecule has 5 heteroatoms. The van der Waals surface area contributed by atoms with Crippen molar-refractivity contribution in [2.24, 2.45) is 5.84 Å². The van der Waals surface area contributed by atoms with Crippen LogP contribution in [0.4, 0.5) is 4.39 Å². The number of nitrogens with one attached hydrogen (secondary N) is 1. The summed E-state index contributed by atoms with van der Waals surface area (Å²) in [6, 6.07) is 8.16. The Morgan fingerprint density at radius 1 is 1.39 bits per heavy atom. The first-order valence-corrected chi connectivity index (χ1v) is 6.24. The van der Waals surface area contributed by atoms with Gasteiger partial charge in [-0.1, -0.05) is 6.07 Å². The van der Waals surface area contributed by atoms with Crippen molar-refractivity contribution in [3.63, 3.8) is 0 Å². The van der Waals surface area contributed by atoms with Crippen molar-refractivity contribution in [3.05, 3.63) is 63.6 Å². The Hall–Kier alpha value is -1.30. The molecule has 3 N–H and O–H groups in total. The third-order valence-corrected chi connectivity index (χ3v) is 3.30. The van der Waals surface area contributed by atoms with Gasteiger partial charge >= 0.3 is 0 Å². The normalized spacial score (nSPS) is 12.4. The first-order chi connectivity index (χ1) is 8.61. The standard InChI is InChI=1S/C13H13BrFN3/c1-8-5-9(7-10(15)6-8)12(18-16)13-11(14)3-2-4-17-13/h2-7,12,18H,16H2,1H3. The molecule has 0 saturated carbocycles. The van der Waals surface area contributed by atoms with Gasteiger partial charge in [-0.2, -0.15) is 0 Å². The molecule has 1 unspecified atom stereocenters.